The Morgan fingerprint density at radius 3 is 2.77 bits per heavy atom. The van der Waals surface area contributed by atoms with E-state index in [9.17, 15) is 0 Å². The Balaban J connectivity index is 0.00000341. The highest BCUT2D eigenvalue weighted by Crippen LogP contribution is 2.14. The van der Waals surface area contributed by atoms with E-state index in [2.05, 4.69) is 56.1 Å². The predicted octanol–water partition coefficient (Wildman–Crippen LogP) is 2.48. The fraction of sp³-hybridized carbons (Fsp3) is 0.591. The SMILES string of the molecule is COCCCNC(=NCc1nnc(C)n1C)NC1CCCN(Cc2ccccc2)C1.I. The molecule has 2 N–H and O–H groups in total. The van der Waals surface area contributed by atoms with Gasteiger partial charge in [-0.3, -0.25) is 4.90 Å². The van der Waals surface area contributed by atoms with Crippen LogP contribution in [0, 0.1) is 6.92 Å². The number of halogens is 1. The van der Waals surface area contributed by atoms with Gasteiger partial charge in [-0.15, -0.1) is 34.2 Å². The lowest BCUT2D eigenvalue weighted by molar-refractivity contribution is 0.191. The normalized spacial score (nSPS) is 17.3. The first-order valence-electron chi connectivity index (χ1n) is 10.8. The number of rotatable bonds is 9. The summed E-state index contributed by atoms with van der Waals surface area (Å²) < 4.78 is 7.14. The van der Waals surface area contributed by atoms with Gasteiger partial charge in [0.25, 0.3) is 0 Å². The summed E-state index contributed by atoms with van der Waals surface area (Å²) in [5.41, 5.74) is 1.36. The molecule has 9 heteroatoms. The number of ether oxygens (including phenoxy) is 1. The average molecular weight is 541 g/mol. The Morgan fingerprint density at radius 1 is 1.26 bits per heavy atom. The second kappa shape index (κ2) is 13.6. The van der Waals surface area contributed by atoms with Gasteiger partial charge in [-0.25, -0.2) is 4.99 Å². The molecule has 172 valence electrons. The summed E-state index contributed by atoms with van der Waals surface area (Å²) in [5, 5.41) is 15.4. The van der Waals surface area contributed by atoms with Crippen molar-refractivity contribution < 1.29 is 4.74 Å². The summed E-state index contributed by atoms with van der Waals surface area (Å²) in [5.74, 6) is 2.59. The summed E-state index contributed by atoms with van der Waals surface area (Å²) in [6.07, 6.45) is 3.27. The zero-order valence-corrected chi connectivity index (χ0v) is 21.2. The molecular weight excluding hydrogens is 505 g/mol. The van der Waals surface area contributed by atoms with Gasteiger partial charge in [-0.2, -0.15) is 0 Å². The zero-order valence-electron chi connectivity index (χ0n) is 18.9. The smallest absolute Gasteiger partial charge is 0.191 e. The first-order valence-corrected chi connectivity index (χ1v) is 10.8. The highest BCUT2D eigenvalue weighted by atomic mass is 127. The number of hydrogen-bond donors (Lipinski definition) is 2. The fourth-order valence-corrected chi connectivity index (χ4v) is 3.67. The third kappa shape index (κ3) is 8.38. The van der Waals surface area contributed by atoms with Gasteiger partial charge < -0.3 is 19.9 Å². The standard InChI is InChI=1S/C22H35N7O.HI/c1-18-26-27-21(28(18)2)15-24-22(23-12-8-14-30-3)25-20-11-7-13-29(17-20)16-19-9-5-4-6-10-19;/h4-6,9-10,20H,7-8,11-17H2,1-3H3,(H2,23,24,25);1H. The molecule has 1 saturated heterocycles. The second-order valence-corrected chi connectivity index (χ2v) is 7.86. The van der Waals surface area contributed by atoms with Crippen LogP contribution in [-0.2, 0) is 24.9 Å². The van der Waals surface area contributed by atoms with Gasteiger partial charge in [0.2, 0.25) is 0 Å². The van der Waals surface area contributed by atoms with Crippen LogP contribution in [0.3, 0.4) is 0 Å². The number of benzene rings is 1. The van der Waals surface area contributed by atoms with Gasteiger partial charge in [-0.05, 0) is 38.3 Å². The molecule has 8 nitrogen and oxygen atoms in total. The maximum absolute atomic E-state index is 5.16. The van der Waals surface area contributed by atoms with E-state index in [1.807, 2.05) is 18.5 Å². The summed E-state index contributed by atoms with van der Waals surface area (Å²) in [7, 11) is 3.70. The molecule has 0 radical (unpaired) electrons. The molecule has 0 spiro atoms. The Labute approximate surface area is 202 Å². The van der Waals surface area contributed by atoms with Crippen molar-refractivity contribution in [1.82, 2.24) is 30.3 Å². The van der Waals surface area contributed by atoms with Crippen LogP contribution < -0.4 is 10.6 Å². The van der Waals surface area contributed by atoms with Gasteiger partial charge in [0, 0.05) is 46.4 Å². The number of methoxy groups -OCH3 is 1. The topological polar surface area (TPSA) is 79.6 Å². The van der Waals surface area contributed by atoms with E-state index in [0.29, 0.717) is 12.6 Å². The minimum atomic E-state index is 0. The first-order chi connectivity index (χ1) is 14.7. The minimum absolute atomic E-state index is 0. The molecule has 0 aliphatic carbocycles. The van der Waals surface area contributed by atoms with Gasteiger partial charge in [-0.1, -0.05) is 30.3 Å². The van der Waals surface area contributed by atoms with Crippen LogP contribution in [0.25, 0.3) is 0 Å². The van der Waals surface area contributed by atoms with Gasteiger partial charge in [0.15, 0.2) is 11.8 Å². The molecule has 1 atom stereocenters. The number of piperidine rings is 1. The molecule has 1 aromatic heterocycles. The van der Waals surface area contributed by atoms with Crippen molar-refractivity contribution >= 4 is 29.9 Å². The summed E-state index contributed by atoms with van der Waals surface area (Å²) >= 11 is 0. The van der Waals surface area contributed by atoms with Gasteiger partial charge >= 0.3 is 0 Å². The first kappa shape index (κ1) is 25.5. The van der Waals surface area contributed by atoms with Crippen LogP contribution >= 0.6 is 24.0 Å². The number of likely N-dealkylation sites (tertiary alicyclic amines) is 1. The van der Waals surface area contributed by atoms with Crippen LogP contribution in [0.1, 0.15) is 36.5 Å². The van der Waals surface area contributed by atoms with Crippen LogP contribution in [0.2, 0.25) is 0 Å². The van der Waals surface area contributed by atoms with Crippen molar-refractivity contribution in [3.63, 3.8) is 0 Å². The average Bonchev–Trinajstić information content (AvgIpc) is 3.08. The van der Waals surface area contributed by atoms with Crippen molar-refractivity contribution in [3.8, 4) is 0 Å². The highest BCUT2D eigenvalue weighted by Gasteiger charge is 2.21. The van der Waals surface area contributed by atoms with Gasteiger partial charge in [0.1, 0.15) is 12.4 Å². The molecule has 1 aliphatic rings. The van der Waals surface area contributed by atoms with E-state index >= 15 is 0 Å². The van der Waals surface area contributed by atoms with E-state index in [4.69, 9.17) is 9.73 Å². The van der Waals surface area contributed by atoms with Crippen molar-refractivity contribution in [3.05, 3.63) is 47.5 Å². The van der Waals surface area contributed by atoms with Crippen molar-refractivity contribution in [2.24, 2.45) is 12.0 Å². The lowest BCUT2D eigenvalue weighted by atomic mass is 10.0. The number of nitrogens with zero attached hydrogens (tertiary/aromatic N) is 5. The second-order valence-electron chi connectivity index (χ2n) is 7.86. The molecule has 2 heterocycles. The van der Waals surface area contributed by atoms with E-state index in [0.717, 1.165) is 63.2 Å². The van der Waals surface area contributed by atoms with Crippen molar-refractivity contribution in [2.75, 3.05) is 33.4 Å². The Morgan fingerprint density at radius 2 is 2.06 bits per heavy atom. The van der Waals surface area contributed by atoms with E-state index in [1.165, 1.54) is 12.0 Å². The molecule has 31 heavy (non-hydrogen) atoms. The van der Waals surface area contributed by atoms with E-state index in [-0.39, 0.29) is 24.0 Å². The fourth-order valence-electron chi connectivity index (χ4n) is 3.67. The Bertz CT molecular complexity index is 796. The number of aryl methyl sites for hydroxylation is 1. The number of hydrogen-bond acceptors (Lipinski definition) is 5. The molecule has 0 amide bonds. The molecule has 0 saturated carbocycles. The van der Waals surface area contributed by atoms with E-state index < -0.39 is 0 Å². The highest BCUT2D eigenvalue weighted by molar-refractivity contribution is 14.0. The number of nitrogens with one attached hydrogen (secondary N) is 2. The zero-order chi connectivity index (χ0) is 21.2. The predicted molar refractivity (Wildman–Crippen MR) is 135 cm³/mol. The molecule has 1 aliphatic heterocycles. The summed E-state index contributed by atoms with van der Waals surface area (Å²) in [4.78, 5) is 7.30. The van der Waals surface area contributed by atoms with Crippen LogP contribution in [-0.4, -0.2) is 65.0 Å². The lowest BCUT2D eigenvalue weighted by Gasteiger charge is -2.34. The number of aromatic nitrogens is 3. The summed E-state index contributed by atoms with van der Waals surface area (Å²) in [6.45, 7) is 7.14. The Hall–Kier alpha value is -1.72. The maximum atomic E-state index is 5.16. The van der Waals surface area contributed by atoms with Gasteiger partial charge in [0.05, 0.1) is 0 Å². The largest absolute Gasteiger partial charge is 0.385 e. The quantitative estimate of drug-likeness (QED) is 0.220. The third-order valence-electron chi connectivity index (χ3n) is 5.47. The minimum Gasteiger partial charge on any atom is -0.385 e. The molecule has 2 aromatic rings. The van der Waals surface area contributed by atoms with Crippen LogP contribution in [0.5, 0.6) is 0 Å². The number of aliphatic imine (C=N–C) groups is 1. The molecule has 3 rings (SSSR count). The van der Waals surface area contributed by atoms with Crippen LogP contribution in [0.4, 0.5) is 0 Å². The monoisotopic (exact) mass is 541 g/mol. The molecule has 1 unspecified atom stereocenters. The summed E-state index contributed by atoms with van der Waals surface area (Å²) in [6, 6.07) is 11.1. The van der Waals surface area contributed by atoms with E-state index in [1.54, 1.807) is 7.11 Å². The molecular formula is C22H36IN7O. The van der Waals surface area contributed by atoms with Crippen molar-refractivity contribution in [2.45, 2.75) is 45.3 Å². The molecule has 1 fully saturated rings. The van der Waals surface area contributed by atoms with Crippen LogP contribution in [0.15, 0.2) is 35.3 Å². The molecule has 0 bridgehead atoms. The third-order valence-corrected chi connectivity index (χ3v) is 5.47. The van der Waals surface area contributed by atoms with Crippen molar-refractivity contribution in [1.29, 1.82) is 0 Å². The maximum Gasteiger partial charge on any atom is 0.191 e. The Kier molecular flexibility index (Phi) is 11.2. The number of guanidine groups is 1. The molecule has 1 aromatic carbocycles. The lowest BCUT2D eigenvalue weighted by Crippen LogP contribution is -2.51.